The number of methoxy groups -OCH3 is 1. The van der Waals surface area contributed by atoms with Crippen LogP contribution in [0.25, 0.3) is 0 Å². The largest absolute Gasteiger partial charge is 0.375 e. The van der Waals surface area contributed by atoms with Gasteiger partial charge in [0.25, 0.3) is 11.9 Å². The van der Waals surface area contributed by atoms with Crippen molar-refractivity contribution in [2.75, 3.05) is 24.4 Å². The summed E-state index contributed by atoms with van der Waals surface area (Å²) in [7, 11) is 1.44. The summed E-state index contributed by atoms with van der Waals surface area (Å²) in [6.07, 6.45) is 0.662. The molecule has 2 atom stereocenters. The zero-order valence-corrected chi connectivity index (χ0v) is 16.4. The lowest BCUT2D eigenvalue weighted by Gasteiger charge is -2.31. The van der Waals surface area contributed by atoms with Gasteiger partial charge in [0.15, 0.2) is 0 Å². The topological polar surface area (TPSA) is 81.1 Å². The van der Waals surface area contributed by atoms with Crippen molar-refractivity contribution in [3.63, 3.8) is 0 Å². The molecule has 0 spiro atoms. The van der Waals surface area contributed by atoms with Crippen molar-refractivity contribution in [2.45, 2.75) is 18.5 Å². The summed E-state index contributed by atoms with van der Waals surface area (Å²) in [6.45, 7) is -0.0912. The van der Waals surface area contributed by atoms with Gasteiger partial charge in [-0.15, -0.1) is 5.10 Å². The lowest BCUT2D eigenvalue weighted by Crippen LogP contribution is -2.28. The van der Waals surface area contributed by atoms with Crippen molar-refractivity contribution < 1.29 is 13.9 Å². The van der Waals surface area contributed by atoms with E-state index in [1.54, 1.807) is 16.8 Å². The van der Waals surface area contributed by atoms with E-state index in [-0.39, 0.29) is 36.4 Å². The standard InChI is InChI=1S/C20H19ClFN5O2/c1-29-11-18(28)24-19-25-20-23-16(12-2-6-14(21)7-3-12)10-17(27(20)26-19)13-4-8-15(22)9-5-13/h2-9,16-17H,10-11H2,1H3,(H2,23,24,25,26,28)/t16-,17+/m0/s1. The number of aromatic nitrogens is 3. The van der Waals surface area contributed by atoms with Crippen molar-refractivity contribution in [1.29, 1.82) is 0 Å². The van der Waals surface area contributed by atoms with Gasteiger partial charge in [-0.3, -0.25) is 10.1 Å². The molecule has 0 aliphatic carbocycles. The van der Waals surface area contributed by atoms with Crippen LogP contribution in [0, 0.1) is 5.82 Å². The van der Waals surface area contributed by atoms with Crippen LogP contribution in [0.2, 0.25) is 5.02 Å². The molecule has 1 aliphatic rings. The predicted molar refractivity (Wildman–Crippen MR) is 107 cm³/mol. The van der Waals surface area contributed by atoms with Gasteiger partial charge in [0.05, 0.1) is 12.1 Å². The Balaban J connectivity index is 1.69. The highest BCUT2D eigenvalue weighted by atomic mass is 35.5. The van der Waals surface area contributed by atoms with Crippen molar-refractivity contribution in [2.24, 2.45) is 0 Å². The fourth-order valence-electron chi connectivity index (χ4n) is 3.40. The molecule has 3 aromatic rings. The number of fused-ring (bicyclic) bond motifs is 1. The third kappa shape index (κ3) is 4.23. The first kappa shape index (κ1) is 19.4. The minimum atomic E-state index is -0.344. The van der Waals surface area contributed by atoms with E-state index in [1.807, 2.05) is 24.3 Å². The maximum Gasteiger partial charge on any atom is 0.252 e. The van der Waals surface area contributed by atoms with Crippen LogP contribution < -0.4 is 10.6 Å². The van der Waals surface area contributed by atoms with E-state index in [0.717, 1.165) is 11.1 Å². The highest BCUT2D eigenvalue weighted by molar-refractivity contribution is 6.30. The van der Waals surface area contributed by atoms with Gasteiger partial charge in [0.1, 0.15) is 12.4 Å². The maximum absolute atomic E-state index is 13.4. The number of benzene rings is 2. The van der Waals surface area contributed by atoms with Crippen LogP contribution in [0.3, 0.4) is 0 Å². The molecule has 4 rings (SSSR count). The van der Waals surface area contributed by atoms with Crippen LogP contribution >= 0.6 is 11.6 Å². The molecule has 0 saturated heterocycles. The van der Waals surface area contributed by atoms with Gasteiger partial charge in [-0.25, -0.2) is 9.07 Å². The van der Waals surface area contributed by atoms with Gasteiger partial charge in [0, 0.05) is 12.1 Å². The number of carbonyl (C=O) groups is 1. The van der Waals surface area contributed by atoms with Gasteiger partial charge < -0.3 is 10.1 Å². The monoisotopic (exact) mass is 415 g/mol. The Hall–Kier alpha value is -2.97. The molecule has 2 N–H and O–H groups in total. The minimum Gasteiger partial charge on any atom is -0.375 e. The van der Waals surface area contributed by atoms with E-state index in [9.17, 15) is 9.18 Å². The van der Waals surface area contributed by atoms with E-state index < -0.39 is 0 Å². The van der Waals surface area contributed by atoms with Crippen LogP contribution in [0.5, 0.6) is 0 Å². The summed E-state index contributed by atoms with van der Waals surface area (Å²) >= 11 is 6.02. The Labute approximate surface area is 171 Å². The Kier molecular flexibility index (Phi) is 5.46. The smallest absolute Gasteiger partial charge is 0.252 e. The van der Waals surface area contributed by atoms with Crippen molar-refractivity contribution in [1.82, 2.24) is 14.8 Å². The number of carbonyl (C=O) groups excluding carboxylic acids is 1. The second-order valence-corrected chi connectivity index (χ2v) is 7.17. The Morgan fingerprint density at radius 3 is 2.62 bits per heavy atom. The van der Waals surface area contributed by atoms with E-state index in [0.29, 0.717) is 17.4 Å². The van der Waals surface area contributed by atoms with Crippen molar-refractivity contribution in [3.8, 4) is 0 Å². The lowest BCUT2D eigenvalue weighted by atomic mass is 9.93. The van der Waals surface area contributed by atoms with Gasteiger partial charge in [-0.2, -0.15) is 4.98 Å². The number of amides is 1. The first-order valence-corrected chi connectivity index (χ1v) is 9.44. The number of ether oxygens (including phenoxy) is 1. The van der Waals surface area contributed by atoms with Crippen LogP contribution in [-0.4, -0.2) is 34.4 Å². The number of hydrogen-bond donors (Lipinski definition) is 2. The Morgan fingerprint density at radius 2 is 1.93 bits per heavy atom. The summed E-state index contributed by atoms with van der Waals surface area (Å²) in [5.74, 6) is 0.0444. The van der Waals surface area contributed by atoms with Gasteiger partial charge >= 0.3 is 0 Å². The second kappa shape index (κ2) is 8.18. The maximum atomic E-state index is 13.4. The molecule has 2 heterocycles. The highest BCUT2D eigenvalue weighted by Gasteiger charge is 2.31. The SMILES string of the molecule is COCC(=O)Nc1nc2n(n1)[C@@H](c1ccc(F)cc1)C[C@@H](c1ccc(Cl)cc1)N2. The van der Waals surface area contributed by atoms with Crippen molar-refractivity contribution in [3.05, 3.63) is 70.5 Å². The zero-order chi connectivity index (χ0) is 20.4. The zero-order valence-electron chi connectivity index (χ0n) is 15.6. The van der Waals surface area contributed by atoms with Crippen LogP contribution in [0.15, 0.2) is 48.5 Å². The second-order valence-electron chi connectivity index (χ2n) is 6.74. The van der Waals surface area contributed by atoms with E-state index in [1.165, 1.54) is 19.2 Å². The third-order valence-electron chi connectivity index (χ3n) is 4.74. The molecule has 2 aromatic carbocycles. The first-order chi connectivity index (χ1) is 14.0. The molecular weight excluding hydrogens is 397 g/mol. The molecule has 0 saturated carbocycles. The number of anilines is 2. The number of rotatable bonds is 5. The van der Waals surface area contributed by atoms with E-state index in [4.69, 9.17) is 16.3 Å². The van der Waals surface area contributed by atoms with Gasteiger partial charge in [-0.1, -0.05) is 35.9 Å². The number of nitrogens with zero attached hydrogens (tertiary/aromatic N) is 3. The minimum absolute atomic E-state index is 0.0541. The van der Waals surface area contributed by atoms with Gasteiger partial charge in [-0.05, 0) is 41.8 Å². The summed E-state index contributed by atoms with van der Waals surface area (Å²) in [4.78, 5) is 16.2. The van der Waals surface area contributed by atoms with E-state index >= 15 is 0 Å². The molecule has 1 aliphatic heterocycles. The number of halogens is 2. The molecule has 29 heavy (non-hydrogen) atoms. The summed E-state index contributed by atoms with van der Waals surface area (Å²) in [5, 5.41) is 11.1. The average Bonchev–Trinajstić information content (AvgIpc) is 3.11. The predicted octanol–water partition coefficient (Wildman–Crippen LogP) is 3.80. The fraction of sp³-hybridized carbons (Fsp3) is 0.250. The molecule has 150 valence electrons. The molecular formula is C20H19ClFN5O2. The number of hydrogen-bond acceptors (Lipinski definition) is 5. The lowest BCUT2D eigenvalue weighted by molar-refractivity contribution is -0.119. The quantitative estimate of drug-likeness (QED) is 0.662. The molecule has 1 aromatic heterocycles. The molecule has 0 bridgehead atoms. The highest BCUT2D eigenvalue weighted by Crippen LogP contribution is 2.38. The molecule has 0 unspecified atom stereocenters. The summed E-state index contributed by atoms with van der Waals surface area (Å²) in [5.41, 5.74) is 1.94. The normalized spacial score (nSPS) is 18.0. The van der Waals surface area contributed by atoms with Gasteiger partial charge in [0.2, 0.25) is 5.95 Å². The first-order valence-electron chi connectivity index (χ1n) is 9.06. The number of nitrogens with one attached hydrogen (secondary N) is 2. The third-order valence-corrected chi connectivity index (χ3v) is 4.99. The Bertz CT molecular complexity index is 1010. The van der Waals surface area contributed by atoms with Crippen LogP contribution in [0.4, 0.5) is 16.3 Å². The average molecular weight is 416 g/mol. The molecule has 9 heteroatoms. The molecule has 0 radical (unpaired) electrons. The summed E-state index contributed by atoms with van der Waals surface area (Å²) in [6, 6.07) is 13.7. The fourth-order valence-corrected chi connectivity index (χ4v) is 3.52. The molecule has 0 fully saturated rings. The van der Waals surface area contributed by atoms with Crippen LogP contribution in [0.1, 0.15) is 29.6 Å². The molecule has 1 amide bonds. The van der Waals surface area contributed by atoms with E-state index in [2.05, 4.69) is 20.7 Å². The Morgan fingerprint density at radius 1 is 1.24 bits per heavy atom. The van der Waals surface area contributed by atoms with Crippen LogP contribution in [-0.2, 0) is 9.53 Å². The summed E-state index contributed by atoms with van der Waals surface area (Å²) < 4.78 is 20.0. The van der Waals surface area contributed by atoms with Crippen molar-refractivity contribution >= 4 is 29.4 Å². The molecule has 7 nitrogen and oxygen atoms in total.